The number of hydrogen-bond donors (Lipinski definition) is 2. The maximum absolute atomic E-state index is 14.5. The van der Waals surface area contributed by atoms with Crippen LogP contribution in [-0.4, -0.2) is 65.7 Å². The van der Waals surface area contributed by atoms with E-state index in [4.69, 9.17) is 9.47 Å². The highest BCUT2D eigenvalue weighted by Gasteiger charge is 2.77. The van der Waals surface area contributed by atoms with Gasteiger partial charge in [0.25, 0.3) is 5.91 Å². The van der Waals surface area contributed by atoms with Gasteiger partial charge in [-0.05, 0) is 31.8 Å². The summed E-state index contributed by atoms with van der Waals surface area (Å²) in [5, 5.41) is 13.4. The van der Waals surface area contributed by atoms with Gasteiger partial charge in [-0.3, -0.25) is 9.59 Å². The molecule has 43 heavy (non-hydrogen) atoms. The van der Waals surface area contributed by atoms with Crippen LogP contribution in [0.2, 0.25) is 0 Å². The van der Waals surface area contributed by atoms with Crippen molar-refractivity contribution >= 4 is 17.6 Å². The number of ether oxygens (including phenoxy) is 2. The summed E-state index contributed by atoms with van der Waals surface area (Å²) in [4.78, 5) is 26.1. The predicted octanol–water partition coefficient (Wildman–Crippen LogP) is 5.55. The number of amides is 1. The maximum atomic E-state index is 14.5. The molecule has 2 N–H and O–H groups in total. The van der Waals surface area contributed by atoms with Crippen LogP contribution >= 0.6 is 0 Å². The Bertz CT molecular complexity index is 1450. The minimum Gasteiger partial charge on any atom is -0.506 e. The van der Waals surface area contributed by atoms with Gasteiger partial charge in [0.05, 0.1) is 32.3 Å². The van der Waals surface area contributed by atoms with Crippen LogP contribution < -0.4 is 5.32 Å². The fourth-order valence-corrected chi connectivity index (χ4v) is 9.52. The van der Waals surface area contributed by atoms with Crippen molar-refractivity contribution in [2.24, 2.45) is 23.2 Å². The van der Waals surface area contributed by atoms with Crippen LogP contribution in [0.25, 0.3) is 5.76 Å². The van der Waals surface area contributed by atoms with Crippen molar-refractivity contribution in [3.63, 3.8) is 0 Å². The molecule has 7 rings (SSSR count). The number of carbonyl (C=O) groups is 2. The highest BCUT2D eigenvalue weighted by atomic mass is 19.4. The summed E-state index contributed by atoms with van der Waals surface area (Å²) in [5.41, 5.74) is -3.06. The first-order valence-electron chi connectivity index (χ1n) is 15.4. The molecule has 2 aliphatic heterocycles. The summed E-state index contributed by atoms with van der Waals surface area (Å²) >= 11 is 0. The van der Waals surface area contributed by atoms with E-state index in [0.29, 0.717) is 12.5 Å². The van der Waals surface area contributed by atoms with E-state index in [1.54, 1.807) is 12.1 Å². The van der Waals surface area contributed by atoms with E-state index < -0.39 is 46.4 Å². The van der Waals surface area contributed by atoms with Crippen molar-refractivity contribution in [1.82, 2.24) is 5.32 Å². The second-order valence-electron chi connectivity index (χ2n) is 13.7. The predicted molar refractivity (Wildman–Crippen MR) is 151 cm³/mol. The summed E-state index contributed by atoms with van der Waals surface area (Å²) in [5.74, 6) is -2.84. The summed E-state index contributed by atoms with van der Waals surface area (Å²) in [6.07, 6.45) is 4.73. The summed E-state index contributed by atoms with van der Waals surface area (Å²) in [6.45, 7) is 3.29. The molecule has 2 bridgehead atoms. The van der Waals surface area contributed by atoms with Crippen LogP contribution in [0.4, 0.5) is 13.2 Å². The van der Waals surface area contributed by atoms with Crippen LogP contribution in [0, 0.1) is 23.2 Å². The van der Waals surface area contributed by atoms with Crippen LogP contribution in [0.3, 0.4) is 0 Å². The lowest BCUT2D eigenvalue weighted by Gasteiger charge is -2.64. The Morgan fingerprint density at radius 1 is 1.14 bits per heavy atom. The Balaban J connectivity index is 1.35. The molecule has 3 unspecified atom stereocenters. The van der Waals surface area contributed by atoms with Gasteiger partial charge in [-0.15, -0.1) is 0 Å². The first-order valence-corrected chi connectivity index (χ1v) is 15.4. The molecule has 1 spiro atoms. The van der Waals surface area contributed by atoms with E-state index in [2.05, 4.69) is 12.4 Å². The van der Waals surface area contributed by atoms with Crippen molar-refractivity contribution < 1.29 is 41.8 Å². The number of nitrogens with one attached hydrogen (secondary N) is 1. The number of alkyl halides is 3. The highest BCUT2D eigenvalue weighted by Crippen LogP contribution is 2.70. The molecular weight excluding hydrogens is 561 g/mol. The van der Waals surface area contributed by atoms with E-state index in [1.807, 2.05) is 6.08 Å². The minimum atomic E-state index is -5.17. The van der Waals surface area contributed by atoms with Gasteiger partial charge in [-0.25, -0.2) is 0 Å². The SMILES string of the molecule is CC(=O)OC1=CC=C2C[C@@H]3[C@@H]4CCC[C@@H]5OC1(NC(=O)C(=C(O)c1ccccc1)C(F)(F)F)C2[C@@]54CC[N+]3(C)CC1CC1. The van der Waals surface area contributed by atoms with Crippen LogP contribution in [-0.2, 0) is 19.1 Å². The van der Waals surface area contributed by atoms with Crippen LogP contribution in [0.1, 0.15) is 57.4 Å². The fourth-order valence-electron chi connectivity index (χ4n) is 9.52. The number of nitrogens with zero attached hydrogens (tertiary/aromatic N) is 1. The number of likely N-dealkylation sites (tertiary alicyclic amines) is 1. The van der Waals surface area contributed by atoms with Crippen LogP contribution in [0.15, 0.2) is 59.4 Å². The lowest BCUT2D eigenvalue weighted by Crippen LogP contribution is -2.72. The normalized spacial score (nSPS) is 38.3. The standard InChI is InChI=1S/C33H37F3N2O5/c1-19(39)42-26-14-13-22-17-24-23-9-6-10-25-31(23,15-16-38(24,2)18-20-11-12-20)29(22)32(26,43-25)37-30(41)27(33(34,35)36)28(40)21-7-4-3-5-8-21/h3-5,7-8,13-14,20,23-25,29H,6,9-12,15-18H2,1-2H3,(H-,37,40,41)/p+1/t23-,24+,25-,29?,31+,32?,38?/m0/s1. The second-order valence-corrected chi connectivity index (χ2v) is 13.7. The molecule has 1 aromatic rings. The molecule has 4 aliphatic carbocycles. The Morgan fingerprint density at radius 2 is 1.88 bits per heavy atom. The van der Waals surface area contributed by atoms with Gasteiger partial charge in [0.2, 0.25) is 5.72 Å². The number of rotatable bonds is 6. The number of carbonyl (C=O) groups excluding carboxylic acids is 2. The third-order valence-corrected chi connectivity index (χ3v) is 11.2. The lowest BCUT2D eigenvalue weighted by atomic mass is 9.46. The molecule has 3 saturated carbocycles. The van der Waals surface area contributed by atoms with E-state index in [-0.39, 0.29) is 23.3 Å². The Hall–Kier alpha value is -3.11. The number of aliphatic hydroxyl groups excluding tert-OH is 1. The first-order chi connectivity index (χ1) is 20.4. The zero-order chi connectivity index (χ0) is 30.4. The third kappa shape index (κ3) is 4.30. The maximum Gasteiger partial charge on any atom is 0.425 e. The van der Waals surface area contributed by atoms with Gasteiger partial charge in [0.15, 0.2) is 11.3 Å². The molecule has 230 valence electrons. The van der Waals surface area contributed by atoms with Crippen molar-refractivity contribution in [2.45, 2.75) is 75.9 Å². The number of aliphatic hydroxyl groups is 1. The van der Waals surface area contributed by atoms with Gasteiger partial charge >= 0.3 is 12.1 Å². The smallest absolute Gasteiger partial charge is 0.425 e. The zero-order valence-electron chi connectivity index (χ0n) is 24.5. The summed E-state index contributed by atoms with van der Waals surface area (Å²) < 4.78 is 57.0. The monoisotopic (exact) mass is 599 g/mol. The molecular formula is C33H38F3N2O5+. The quantitative estimate of drug-likeness (QED) is 0.194. The molecule has 1 aromatic carbocycles. The number of benzene rings is 1. The third-order valence-electron chi connectivity index (χ3n) is 11.2. The number of halogens is 3. The number of hydrogen-bond acceptors (Lipinski definition) is 5. The van der Waals surface area contributed by atoms with E-state index in [1.165, 1.54) is 44.0 Å². The topological polar surface area (TPSA) is 84.9 Å². The molecule has 2 saturated heterocycles. The Morgan fingerprint density at radius 3 is 2.56 bits per heavy atom. The van der Waals surface area contributed by atoms with Crippen molar-refractivity contribution in [1.29, 1.82) is 0 Å². The van der Waals surface area contributed by atoms with Gasteiger partial charge in [0, 0.05) is 48.5 Å². The molecule has 10 heteroatoms. The van der Waals surface area contributed by atoms with E-state index in [0.717, 1.165) is 54.7 Å². The van der Waals surface area contributed by atoms with Gasteiger partial charge in [-0.1, -0.05) is 48.4 Å². The van der Waals surface area contributed by atoms with Crippen molar-refractivity contribution in [3.8, 4) is 0 Å². The molecule has 7 atom stereocenters. The summed E-state index contributed by atoms with van der Waals surface area (Å²) in [7, 11) is 2.36. The van der Waals surface area contributed by atoms with E-state index >= 15 is 0 Å². The molecule has 0 radical (unpaired) electrons. The molecule has 5 fully saturated rings. The van der Waals surface area contributed by atoms with Gasteiger partial charge in [0.1, 0.15) is 5.76 Å². The average Bonchev–Trinajstić information content (AvgIpc) is 3.70. The van der Waals surface area contributed by atoms with Crippen molar-refractivity contribution in [2.75, 3.05) is 20.1 Å². The lowest BCUT2D eigenvalue weighted by molar-refractivity contribution is -0.948. The minimum absolute atomic E-state index is 0.00962. The average molecular weight is 600 g/mol. The molecule has 6 aliphatic rings. The number of quaternary nitrogens is 1. The number of esters is 1. The number of allylic oxidation sites excluding steroid dienone is 2. The molecule has 7 nitrogen and oxygen atoms in total. The fraction of sp³-hybridized carbons (Fsp3) is 0.576. The Labute approximate surface area is 249 Å². The summed E-state index contributed by atoms with van der Waals surface area (Å²) in [6, 6.07) is 7.54. The molecule has 0 aromatic heterocycles. The Kier molecular flexibility index (Phi) is 6.46. The van der Waals surface area contributed by atoms with Crippen LogP contribution in [0.5, 0.6) is 0 Å². The first kappa shape index (κ1) is 28.6. The second kappa shape index (κ2) is 9.69. The van der Waals surface area contributed by atoms with Gasteiger partial charge < -0.3 is 24.4 Å². The van der Waals surface area contributed by atoms with E-state index in [9.17, 15) is 27.9 Å². The largest absolute Gasteiger partial charge is 0.506 e. The van der Waals surface area contributed by atoms with Crippen molar-refractivity contribution in [3.05, 3.63) is 65.0 Å². The zero-order valence-corrected chi connectivity index (χ0v) is 24.5. The highest BCUT2D eigenvalue weighted by molar-refractivity contribution is 6.01. The molecule has 2 heterocycles. The molecule has 1 amide bonds. The number of piperidine rings is 1. The van der Waals surface area contributed by atoms with Gasteiger partial charge in [-0.2, -0.15) is 13.2 Å².